The second kappa shape index (κ2) is 9.76. The van der Waals surface area contributed by atoms with Crippen molar-refractivity contribution in [2.45, 2.75) is 50.0 Å². The summed E-state index contributed by atoms with van der Waals surface area (Å²) in [7, 11) is -3.78. The van der Waals surface area contributed by atoms with E-state index in [1.54, 1.807) is 12.1 Å². The van der Waals surface area contributed by atoms with Crippen LogP contribution in [0.3, 0.4) is 0 Å². The van der Waals surface area contributed by atoms with E-state index in [0.717, 1.165) is 17.7 Å². The van der Waals surface area contributed by atoms with E-state index in [2.05, 4.69) is 5.32 Å². The molecule has 0 spiro atoms. The smallest absolute Gasteiger partial charge is 0.325 e. The van der Waals surface area contributed by atoms with Crippen molar-refractivity contribution in [2.75, 3.05) is 32.7 Å². The fraction of sp³-hybridized carbons (Fsp3) is 0.571. The predicted octanol–water partition coefficient (Wildman–Crippen LogP) is 2.06. The normalized spacial score (nSPS) is 19.3. The van der Waals surface area contributed by atoms with Gasteiger partial charge in [0, 0.05) is 26.2 Å². The summed E-state index contributed by atoms with van der Waals surface area (Å²) in [6, 6.07) is 5.68. The zero-order valence-corrected chi connectivity index (χ0v) is 19.9. The van der Waals surface area contributed by atoms with Gasteiger partial charge in [-0.15, -0.1) is 0 Å². The van der Waals surface area contributed by atoms with E-state index >= 15 is 0 Å². The first-order valence-corrected chi connectivity index (χ1v) is 12.6. The first-order valence-electron chi connectivity index (χ1n) is 10.8. The molecule has 2 fully saturated rings. The number of sulfonamides is 1. The molecule has 1 N–H and O–H groups in total. The monoisotopic (exact) mass is 484 g/mol. The van der Waals surface area contributed by atoms with Crippen molar-refractivity contribution in [1.82, 2.24) is 19.4 Å². The lowest BCUT2D eigenvalue weighted by Gasteiger charge is -2.34. The maximum absolute atomic E-state index is 13.0. The Morgan fingerprint density at radius 3 is 2.22 bits per heavy atom. The molecule has 176 valence electrons. The Morgan fingerprint density at radius 1 is 1.06 bits per heavy atom. The number of carbonyl (C=O) groups is 3. The highest BCUT2D eigenvalue weighted by Crippen LogP contribution is 2.28. The average Bonchev–Trinajstić information content (AvgIpc) is 2.98. The van der Waals surface area contributed by atoms with Gasteiger partial charge >= 0.3 is 6.03 Å². The van der Waals surface area contributed by atoms with E-state index in [4.69, 9.17) is 11.6 Å². The van der Waals surface area contributed by atoms with Crippen molar-refractivity contribution in [3.8, 4) is 0 Å². The number of piperazine rings is 1. The van der Waals surface area contributed by atoms with Crippen LogP contribution in [0.25, 0.3) is 0 Å². The third kappa shape index (κ3) is 4.62. The van der Waals surface area contributed by atoms with Gasteiger partial charge in [0.2, 0.25) is 15.9 Å². The standard InChI is InChI=1S/C21H29ClN4O5S/c1-3-9-21(10-4-2)19(28)26(20(29)23-21)15-18(27)24-11-13-25(14-12-24)32(30,31)17-8-6-5-7-16(17)22/h5-8H,3-4,9-15H2,1-2H3,(H,23,29). The van der Waals surface area contributed by atoms with E-state index in [0.29, 0.717) is 12.8 Å². The average molecular weight is 485 g/mol. The number of hydrogen-bond acceptors (Lipinski definition) is 5. The largest absolute Gasteiger partial charge is 0.338 e. The molecule has 1 aromatic rings. The fourth-order valence-corrected chi connectivity index (χ4v) is 6.26. The van der Waals surface area contributed by atoms with Crippen LogP contribution in [-0.2, 0) is 19.6 Å². The molecule has 2 heterocycles. The van der Waals surface area contributed by atoms with Gasteiger partial charge in [0.25, 0.3) is 5.91 Å². The fourth-order valence-electron chi connectivity index (χ4n) is 4.34. The van der Waals surface area contributed by atoms with Gasteiger partial charge in [-0.2, -0.15) is 4.31 Å². The third-order valence-electron chi connectivity index (χ3n) is 5.94. The zero-order chi connectivity index (χ0) is 23.5. The van der Waals surface area contributed by atoms with Crippen molar-refractivity contribution < 1.29 is 22.8 Å². The Kier molecular flexibility index (Phi) is 7.46. The molecule has 0 saturated carbocycles. The number of urea groups is 1. The molecule has 0 atom stereocenters. The van der Waals surface area contributed by atoms with Crippen LogP contribution in [0.15, 0.2) is 29.2 Å². The zero-order valence-electron chi connectivity index (χ0n) is 18.3. The molecule has 2 saturated heterocycles. The SMILES string of the molecule is CCCC1(CCC)NC(=O)N(CC(=O)N2CCN(S(=O)(=O)c3ccccc3Cl)CC2)C1=O. The lowest BCUT2D eigenvalue weighted by Crippen LogP contribution is -2.53. The minimum absolute atomic E-state index is 0.0314. The molecule has 2 aliphatic rings. The Balaban J connectivity index is 1.63. The highest BCUT2D eigenvalue weighted by molar-refractivity contribution is 7.89. The number of nitrogens with one attached hydrogen (secondary N) is 1. The van der Waals surface area contributed by atoms with Gasteiger partial charge in [-0.1, -0.05) is 50.4 Å². The number of hydrogen-bond donors (Lipinski definition) is 1. The molecule has 0 unspecified atom stereocenters. The van der Waals surface area contributed by atoms with E-state index in [-0.39, 0.29) is 54.5 Å². The van der Waals surface area contributed by atoms with E-state index < -0.39 is 21.6 Å². The first-order chi connectivity index (χ1) is 15.2. The van der Waals surface area contributed by atoms with Crippen molar-refractivity contribution in [1.29, 1.82) is 0 Å². The van der Waals surface area contributed by atoms with Crippen molar-refractivity contribution in [3.05, 3.63) is 29.3 Å². The molecule has 4 amide bonds. The number of carbonyl (C=O) groups excluding carboxylic acids is 3. The summed E-state index contributed by atoms with van der Waals surface area (Å²) in [5, 5.41) is 2.94. The lowest BCUT2D eigenvalue weighted by molar-refractivity contribution is -0.139. The molecule has 0 aromatic heterocycles. The van der Waals surface area contributed by atoms with Crippen molar-refractivity contribution >= 4 is 39.5 Å². The summed E-state index contributed by atoms with van der Waals surface area (Å²) < 4.78 is 27.0. The molecule has 0 aliphatic carbocycles. The summed E-state index contributed by atoms with van der Waals surface area (Å²) >= 11 is 6.05. The highest BCUT2D eigenvalue weighted by atomic mass is 35.5. The van der Waals surface area contributed by atoms with Crippen molar-refractivity contribution in [3.63, 3.8) is 0 Å². The maximum Gasteiger partial charge on any atom is 0.325 e. The number of nitrogens with zero attached hydrogens (tertiary/aromatic N) is 3. The highest BCUT2D eigenvalue weighted by Gasteiger charge is 2.50. The van der Waals surface area contributed by atoms with E-state index in [1.165, 1.54) is 21.3 Å². The Bertz CT molecular complexity index is 986. The van der Waals surface area contributed by atoms with Crippen LogP contribution in [0.1, 0.15) is 39.5 Å². The van der Waals surface area contributed by atoms with Crippen LogP contribution in [0.5, 0.6) is 0 Å². The number of benzene rings is 1. The third-order valence-corrected chi connectivity index (χ3v) is 8.34. The van der Waals surface area contributed by atoms with E-state index in [1.807, 2.05) is 13.8 Å². The van der Waals surface area contributed by atoms with Crippen LogP contribution >= 0.6 is 11.6 Å². The van der Waals surface area contributed by atoms with Crippen LogP contribution in [0.4, 0.5) is 4.79 Å². The van der Waals surface area contributed by atoms with Crippen LogP contribution in [-0.4, -0.2) is 78.6 Å². The van der Waals surface area contributed by atoms with Gasteiger partial charge in [0.1, 0.15) is 17.0 Å². The van der Waals surface area contributed by atoms with Crippen molar-refractivity contribution in [2.24, 2.45) is 0 Å². The van der Waals surface area contributed by atoms with E-state index in [9.17, 15) is 22.8 Å². The molecule has 11 heteroatoms. The molecule has 9 nitrogen and oxygen atoms in total. The first kappa shape index (κ1) is 24.5. The number of rotatable bonds is 8. The molecule has 0 radical (unpaired) electrons. The van der Waals surface area contributed by atoms with Gasteiger partial charge in [0.15, 0.2) is 0 Å². The Morgan fingerprint density at radius 2 is 1.66 bits per heavy atom. The van der Waals surface area contributed by atoms with Gasteiger partial charge in [-0.3, -0.25) is 14.5 Å². The molecule has 32 heavy (non-hydrogen) atoms. The number of halogens is 1. The Hall–Kier alpha value is -2.17. The number of amides is 4. The summed E-state index contributed by atoms with van der Waals surface area (Å²) in [4.78, 5) is 40.8. The summed E-state index contributed by atoms with van der Waals surface area (Å²) in [6.07, 6.45) is 2.51. The summed E-state index contributed by atoms with van der Waals surface area (Å²) in [5.41, 5.74) is -0.942. The topological polar surface area (TPSA) is 107 Å². The molecule has 0 bridgehead atoms. The van der Waals surface area contributed by atoms with Crippen LogP contribution in [0, 0.1) is 0 Å². The van der Waals surface area contributed by atoms with Crippen LogP contribution in [0.2, 0.25) is 5.02 Å². The van der Waals surface area contributed by atoms with Gasteiger partial charge in [-0.05, 0) is 25.0 Å². The maximum atomic E-state index is 13.0. The quantitative estimate of drug-likeness (QED) is 0.568. The second-order valence-electron chi connectivity index (χ2n) is 8.12. The molecule has 2 aliphatic heterocycles. The molecular formula is C21H29ClN4O5S. The molecular weight excluding hydrogens is 456 g/mol. The lowest BCUT2D eigenvalue weighted by atomic mass is 9.88. The van der Waals surface area contributed by atoms with Gasteiger partial charge < -0.3 is 10.2 Å². The minimum Gasteiger partial charge on any atom is -0.338 e. The molecule has 3 rings (SSSR count). The van der Waals surface area contributed by atoms with Gasteiger partial charge in [0.05, 0.1) is 5.02 Å². The number of imide groups is 1. The van der Waals surface area contributed by atoms with Crippen LogP contribution < -0.4 is 5.32 Å². The summed E-state index contributed by atoms with van der Waals surface area (Å²) in [5.74, 6) is -0.744. The molecule has 1 aromatic carbocycles. The minimum atomic E-state index is -3.78. The second-order valence-corrected chi connectivity index (χ2v) is 10.4. The predicted molar refractivity (Wildman–Crippen MR) is 120 cm³/mol. The Labute approximate surface area is 193 Å². The van der Waals surface area contributed by atoms with Gasteiger partial charge in [-0.25, -0.2) is 13.2 Å². The summed E-state index contributed by atoms with van der Waals surface area (Å²) in [6.45, 7) is 4.09.